The second kappa shape index (κ2) is 3.97. The fraction of sp³-hybridized carbons (Fsp3) is 0.333. The topological polar surface area (TPSA) is 39.2 Å². The van der Waals surface area contributed by atoms with Gasteiger partial charge in [-0.15, -0.1) is 0 Å². The predicted octanol–water partition coefficient (Wildman–Crippen LogP) is 1.28. The molecule has 0 spiro atoms. The zero-order valence-corrected chi connectivity index (χ0v) is 7.15. The molecule has 0 aliphatic heterocycles. The largest absolute Gasteiger partial charge is 0.369 e. The van der Waals surface area contributed by atoms with Crippen LogP contribution in [0.1, 0.15) is 17.4 Å². The average molecular weight is 165 g/mol. The minimum atomic E-state index is -0.488. The summed E-state index contributed by atoms with van der Waals surface area (Å²) >= 11 is 0. The first-order valence-electron chi connectivity index (χ1n) is 3.68. The molecule has 0 amide bonds. The Morgan fingerprint density at radius 1 is 1.58 bits per heavy atom. The molecule has 0 fully saturated rings. The number of aldehydes is 1. The van der Waals surface area contributed by atoms with Crippen molar-refractivity contribution in [1.29, 1.82) is 0 Å². The molecular formula is C9H11NO2. The lowest BCUT2D eigenvalue weighted by molar-refractivity contribution is -0.116. The van der Waals surface area contributed by atoms with Gasteiger partial charge in [0.2, 0.25) is 0 Å². The molecule has 0 aliphatic carbocycles. The number of rotatable bonds is 3. The summed E-state index contributed by atoms with van der Waals surface area (Å²) in [6.45, 7) is 1.90. The Balaban J connectivity index is 2.87. The van der Waals surface area contributed by atoms with Crippen LogP contribution < -0.4 is 0 Å². The molecule has 1 aromatic rings. The summed E-state index contributed by atoms with van der Waals surface area (Å²) in [7, 11) is 1.50. The van der Waals surface area contributed by atoms with Crippen LogP contribution in [0.2, 0.25) is 0 Å². The number of hydrogen-bond acceptors (Lipinski definition) is 3. The molecule has 0 saturated carbocycles. The van der Waals surface area contributed by atoms with E-state index in [1.54, 1.807) is 6.20 Å². The van der Waals surface area contributed by atoms with E-state index in [0.717, 1.165) is 17.5 Å². The average Bonchev–Trinajstić information content (AvgIpc) is 2.10. The van der Waals surface area contributed by atoms with Gasteiger partial charge >= 0.3 is 0 Å². The van der Waals surface area contributed by atoms with Crippen molar-refractivity contribution in [2.45, 2.75) is 13.0 Å². The van der Waals surface area contributed by atoms with Gasteiger partial charge in [0.05, 0.1) is 0 Å². The first-order chi connectivity index (χ1) is 5.77. The lowest BCUT2D eigenvalue weighted by Gasteiger charge is -2.07. The number of methoxy groups -OCH3 is 1. The molecule has 0 aliphatic rings. The van der Waals surface area contributed by atoms with Crippen LogP contribution in [-0.4, -0.2) is 18.4 Å². The summed E-state index contributed by atoms with van der Waals surface area (Å²) in [6.07, 6.45) is 1.92. The molecule has 1 atom stereocenters. The van der Waals surface area contributed by atoms with Crippen molar-refractivity contribution in [3.63, 3.8) is 0 Å². The third kappa shape index (κ3) is 1.89. The van der Waals surface area contributed by atoms with E-state index < -0.39 is 6.10 Å². The standard InChI is InChI=1S/C9H11NO2/c1-7-3-4-8(5-10-7)9(6-11)12-2/h3-6,9H,1-2H3. The Kier molecular flexibility index (Phi) is 2.94. The number of pyridine rings is 1. The molecule has 1 rings (SSSR count). The van der Waals surface area contributed by atoms with Gasteiger partial charge in [-0.05, 0) is 13.0 Å². The summed E-state index contributed by atoms with van der Waals surface area (Å²) in [5, 5.41) is 0. The highest BCUT2D eigenvalue weighted by Gasteiger charge is 2.07. The Labute approximate surface area is 71.4 Å². The molecule has 0 saturated heterocycles. The maximum absolute atomic E-state index is 10.5. The van der Waals surface area contributed by atoms with E-state index in [2.05, 4.69) is 4.98 Å². The fourth-order valence-electron chi connectivity index (χ4n) is 0.918. The van der Waals surface area contributed by atoms with Crippen LogP contribution in [0, 0.1) is 6.92 Å². The molecule has 64 valence electrons. The van der Waals surface area contributed by atoms with Crippen LogP contribution in [0.5, 0.6) is 0 Å². The molecule has 0 radical (unpaired) electrons. The van der Waals surface area contributed by atoms with Crippen molar-refractivity contribution in [3.05, 3.63) is 29.6 Å². The quantitative estimate of drug-likeness (QED) is 0.633. The van der Waals surface area contributed by atoms with Crippen molar-refractivity contribution in [3.8, 4) is 0 Å². The second-order valence-electron chi connectivity index (χ2n) is 2.53. The summed E-state index contributed by atoms with van der Waals surface area (Å²) in [5.74, 6) is 0. The third-order valence-corrected chi connectivity index (χ3v) is 1.64. The molecule has 12 heavy (non-hydrogen) atoms. The lowest BCUT2D eigenvalue weighted by Crippen LogP contribution is -2.02. The first kappa shape index (κ1) is 8.87. The minimum Gasteiger partial charge on any atom is -0.369 e. The number of nitrogens with zero attached hydrogens (tertiary/aromatic N) is 1. The third-order valence-electron chi connectivity index (χ3n) is 1.64. The number of aromatic nitrogens is 1. The number of carbonyl (C=O) groups excluding carboxylic acids is 1. The smallest absolute Gasteiger partial charge is 0.153 e. The van der Waals surface area contributed by atoms with Gasteiger partial charge in [0.25, 0.3) is 0 Å². The molecule has 1 heterocycles. The maximum Gasteiger partial charge on any atom is 0.153 e. The van der Waals surface area contributed by atoms with Crippen LogP contribution in [-0.2, 0) is 9.53 Å². The SMILES string of the molecule is COC(C=O)c1ccc(C)nc1. The molecule has 0 aromatic carbocycles. The summed E-state index contributed by atoms with van der Waals surface area (Å²) < 4.78 is 4.92. The van der Waals surface area contributed by atoms with E-state index in [0.29, 0.717) is 0 Å². The van der Waals surface area contributed by atoms with Gasteiger partial charge in [-0.25, -0.2) is 0 Å². The van der Waals surface area contributed by atoms with Crippen molar-refractivity contribution in [2.24, 2.45) is 0 Å². The Hall–Kier alpha value is -1.22. The van der Waals surface area contributed by atoms with Crippen molar-refractivity contribution in [1.82, 2.24) is 4.98 Å². The number of carbonyl (C=O) groups is 1. The molecule has 1 unspecified atom stereocenters. The first-order valence-corrected chi connectivity index (χ1v) is 3.68. The van der Waals surface area contributed by atoms with E-state index in [1.807, 2.05) is 19.1 Å². The van der Waals surface area contributed by atoms with Crippen molar-refractivity contribution < 1.29 is 9.53 Å². The minimum absolute atomic E-state index is 0.488. The predicted molar refractivity (Wildman–Crippen MR) is 44.8 cm³/mol. The maximum atomic E-state index is 10.5. The molecule has 0 N–H and O–H groups in total. The highest BCUT2D eigenvalue weighted by Crippen LogP contribution is 2.12. The van der Waals surface area contributed by atoms with Crippen molar-refractivity contribution >= 4 is 6.29 Å². The zero-order valence-electron chi connectivity index (χ0n) is 7.15. The van der Waals surface area contributed by atoms with Crippen LogP contribution in [0.25, 0.3) is 0 Å². The second-order valence-corrected chi connectivity index (χ2v) is 2.53. The number of hydrogen-bond donors (Lipinski definition) is 0. The van der Waals surface area contributed by atoms with Gasteiger partial charge < -0.3 is 9.53 Å². The summed E-state index contributed by atoms with van der Waals surface area (Å²) in [5.41, 5.74) is 1.72. The van der Waals surface area contributed by atoms with E-state index >= 15 is 0 Å². The van der Waals surface area contributed by atoms with Gasteiger partial charge in [0.15, 0.2) is 6.29 Å². The molecule has 3 nitrogen and oxygen atoms in total. The molecule has 1 aromatic heterocycles. The summed E-state index contributed by atoms with van der Waals surface area (Å²) in [6, 6.07) is 3.69. The van der Waals surface area contributed by atoms with Gasteiger partial charge in [0, 0.05) is 24.6 Å². The Morgan fingerprint density at radius 2 is 2.33 bits per heavy atom. The van der Waals surface area contributed by atoms with E-state index in [-0.39, 0.29) is 0 Å². The number of aryl methyl sites for hydroxylation is 1. The highest BCUT2D eigenvalue weighted by molar-refractivity contribution is 5.59. The van der Waals surface area contributed by atoms with Crippen LogP contribution >= 0.6 is 0 Å². The Morgan fingerprint density at radius 3 is 2.75 bits per heavy atom. The molecule has 0 bridgehead atoms. The fourth-order valence-corrected chi connectivity index (χ4v) is 0.918. The van der Waals surface area contributed by atoms with Gasteiger partial charge in [-0.3, -0.25) is 4.98 Å². The zero-order chi connectivity index (χ0) is 8.97. The van der Waals surface area contributed by atoms with E-state index in [4.69, 9.17) is 4.74 Å². The monoisotopic (exact) mass is 165 g/mol. The highest BCUT2D eigenvalue weighted by atomic mass is 16.5. The van der Waals surface area contributed by atoms with Crippen molar-refractivity contribution in [2.75, 3.05) is 7.11 Å². The van der Waals surface area contributed by atoms with Gasteiger partial charge in [-0.2, -0.15) is 0 Å². The Bertz CT molecular complexity index is 256. The van der Waals surface area contributed by atoms with Crippen LogP contribution in [0.3, 0.4) is 0 Å². The van der Waals surface area contributed by atoms with Crippen LogP contribution in [0.15, 0.2) is 18.3 Å². The van der Waals surface area contributed by atoms with Gasteiger partial charge in [-0.1, -0.05) is 6.07 Å². The normalized spacial score (nSPS) is 12.5. The summed E-state index contributed by atoms with van der Waals surface area (Å²) in [4.78, 5) is 14.5. The molecular weight excluding hydrogens is 154 g/mol. The molecule has 3 heteroatoms. The van der Waals surface area contributed by atoms with E-state index in [9.17, 15) is 4.79 Å². The van der Waals surface area contributed by atoms with E-state index in [1.165, 1.54) is 7.11 Å². The van der Waals surface area contributed by atoms with Gasteiger partial charge in [0.1, 0.15) is 6.10 Å². The number of ether oxygens (including phenoxy) is 1. The lowest BCUT2D eigenvalue weighted by atomic mass is 10.2. The van der Waals surface area contributed by atoms with Crippen LogP contribution in [0.4, 0.5) is 0 Å².